The maximum absolute atomic E-state index is 5.72. The molecule has 3 nitrogen and oxygen atoms in total. The summed E-state index contributed by atoms with van der Waals surface area (Å²) in [7, 11) is 0. The molecule has 0 saturated carbocycles. The number of nitrogens with two attached hydrogens (primary N) is 1. The number of nitrogens with zero attached hydrogens (tertiary/aromatic N) is 1. The van der Waals surface area contributed by atoms with Gasteiger partial charge in [0.1, 0.15) is 5.75 Å². The maximum Gasteiger partial charge on any atom is 0.128 e. The quantitative estimate of drug-likeness (QED) is 0.711. The van der Waals surface area contributed by atoms with Gasteiger partial charge >= 0.3 is 0 Å². The predicted molar refractivity (Wildman–Crippen MR) is 92.4 cm³/mol. The first-order valence-corrected chi connectivity index (χ1v) is 8.15. The van der Waals surface area contributed by atoms with Crippen LogP contribution in [0.15, 0.2) is 53.9 Å². The summed E-state index contributed by atoms with van der Waals surface area (Å²) in [4.78, 5) is 4.75. The van der Waals surface area contributed by atoms with Gasteiger partial charge in [-0.3, -0.25) is 0 Å². The van der Waals surface area contributed by atoms with Gasteiger partial charge in [0.15, 0.2) is 0 Å². The highest BCUT2D eigenvalue weighted by molar-refractivity contribution is 7.10. The third-order valence-corrected chi connectivity index (χ3v) is 4.20. The lowest BCUT2D eigenvalue weighted by Crippen LogP contribution is -1.94. The van der Waals surface area contributed by atoms with E-state index in [1.54, 1.807) is 11.3 Å². The summed E-state index contributed by atoms with van der Waals surface area (Å²) >= 11 is 1.67. The summed E-state index contributed by atoms with van der Waals surface area (Å²) in [5.74, 6) is 0.884. The number of thiazole rings is 1. The van der Waals surface area contributed by atoms with Crippen molar-refractivity contribution in [2.75, 3.05) is 12.3 Å². The molecule has 0 aliphatic rings. The van der Waals surface area contributed by atoms with Crippen LogP contribution in [0.3, 0.4) is 0 Å². The molecule has 0 saturated heterocycles. The fraction of sp³-hybridized carbons (Fsp3) is 0.167. The Morgan fingerprint density at radius 1 is 1.09 bits per heavy atom. The molecule has 2 N–H and O–H groups in total. The summed E-state index contributed by atoms with van der Waals surface area (Å²) in [6.07, 6.45) is 0.821. The second kappa shape index (κ2) is 6.62. The first kappa shape index (κ1) is 14.6. The summed E-state index contributed by atoms with van der Waals surface area (Å²) < 4.78 is 5.68. The van der Waals surface area contributed by atoms with E-state index in [2.05, 4.69) is 5.38 Å². The van der Waals surface area contributed by atoms with Crippen LogP contribution >= 0.6 is 11.3 Å². The molecule has 2 aromatic carbocycles. The zero-order chi connectivity index (χ0) is 15.4. The number of rotatable bonds is 5. The van der Waals surface area contributed by atoms with Crippen LogP contribution < -0.4 is 10.5 Å². The Morgan fingerprint density at radius 2 is 1.86 bits per heavy atom. The number of para-hydroxylation sites is 1. The van der Waals surface area contributed by atoms with Crippen molar-refractivity contribution in [2.24, 2.45) is 0 Å². The molecule has 0 spiro atoms. The smallest absolute Gasteiger partial charge is 0.128 e. The van der Waals surface area contributed by atoms with Crippen LogP contribution in [0, 0.1) is 0 Å². The van der Waals surface area contributed by atoms with Gasteiger partial charge in [-0.15, -0.1) is 11.3 Å². The highest BCUT2D eigenvalue weighted by Gasteiger charge is 2.10. The van der Waals surface area contributed by atoms with Crippen molar-refractivity contribution in [3.05, 3.63) is 64.5 Å². The van der Waals surface area contributed by atoms with Gasteiger partial charge < -0.3 is 10.5 Å². The van der Waals surface area contributed by atoms with E-state index in [-0.39, 0.29) is 0 Å². The van der Waals surface area contributed by atoms with Crippen molar-refractivity contribution in [2.45, 2.75) is 13.3 Å². The lowest BCUT2D eigenvalue weighted by Gasteiger charge is -2.07. The van der Waals surface area contributed by atoms with Crippen LogP contribution in [0.2, 0.25) is 0 Å². The molecule has 0 aliphatic heterocycles. The van der Waals surface area contributed by atoms with Crippen LogP contribution in [0.1, 0.15) is 17.5 Å². The van der Waals surface area contributed by atoms with Crippen molar-refractivity contribution >= 4 is 17.0 Å². The monoisotopic (exact) mass is 310 g/mol. The van der Waals surface area contributed by atoms with Gasteiger partial charge in [0.05, 0.1) is 17.3 Å². The fourth-order valence-electron chi connectivity index (χ4n) is 2.29. The number of benzene rings is 2. The van der Waals surface area contributed by atoms with E-state index in [0.29, 0.717) is 6.61 Å². The van der Waals surface area contributed by atoms with Crippen LogP contribution in [0.5, 0.6) is 5.75 Å². The van der Waals surface area contributed by atoms with E-state index in [9.17, 15) is 0 Å². The Kier molecular flexibility index (Phi) is 4.39. The number of hydrogen-bond acceptors (Lipinski definition) is 4. The molecule has 3 aromatic rings. The molecule has 1 heterocycles. The van der Waals surface area contributed by atoms with Crippen molar-refractivity contribution in [3.63, 3.8) is 0 Å². The molecular weight excluding hydrogens is 292 g/mol. The minimum atomic E-state index is 0.652. The van der Waals surface area contributed by atoms with E-state index < -0.39 is 0 Å². The Labute approximate surface area is 134 Å². The average molecular weight is 310 g/mol. The van der Waals surface area contributed by atoms with Crippen LogP contribution in [0.4, 0.5) is 5.69 Å². The Hall–Kier alpha value is -2.33. The number of ether oxygens (including phenoxy) is 1. The second-order valence-electron chi connectivity index (χ2n) is 4.97. The highest BCUT2D eigenvalue weighted by Crippen LogP contribution is 2.31. The SMILES string of the molecule is CCOc1ccccc1-c1csc(Cc2ccc(N)cc2)n1. The Morgan fingerprint density at radius 3 is 2.64 bits per heavy atom. The average Bonchev–Trinajstić information content (AvgIpc) is 2.99. The molecule has 0 atom stereocenters. The first-order chi connectivity index (χ1) is 10.8. The molecule has 112 valence electrons. The number of anilines is 1. The lowest BCUT2D eigenvalue weighted by molar-refractivity contribution is 0.341. The summed E-state index contributed by atoms with van der Waals surface area (Å²) in [6.45, 7) is 2.64. The van der Waals surface area contributed by atoms with Gasteiger partial charge in [-0.1, -0.05) is 24.3 Å². The lowest BCUT2D eigenvalue weighted by atomic mass is 10.1. The number of hydrogen-bond donors (Lipinski definition) is 1. The van der Waals surface area contributed by atoms with Gasteiger partial charge in [-0.25, -0.2) is 4.98 Å². The van der Waals surface area contributed by atoms with Gasteiger partial charge in [0.2, 0.25) is 0 Å². The van der Waals surface area contributed by atoms with Gasteiger partial charge in [0, 0.05) is 23.1 Å². The van der Waals surface area contributed by atoms with Crippen molar-refractivity contribution in [3.8, 4) is 17.0 Å². The summed E-state index contributed by atoms with van der Waals surface area (Å²) in [5.41, 5.74) is 9.74. The number of nitrogen functional groups attached to an aromatic ring is 1. The van der Waals surface area contributed by atoms with E-state index >= 15 is 0 Å². The summed E-state index contributed by atoms with van der Waals surface area (Å²) in [6, 6.07) is 16.0. The van der Waals surface area contributed by atoms with E-state index in [0.717, 1.165) is 34.1 Å². The Bertz CT molecular complexity index is 750. The van der Waals surface area contributed by atoms with Crippen molar-refractivity contribution < 1.29 is 4.74 Å². The molecule has 4 heteroatoms. The zero-order valence-corrected chi connectivity index (χ0v) is 13.3. The molecule has 0 bridgehead atoms. The van der Waals surface area contributed by atoms with Crippen LogP contribution in [-0.2, 0) is 6.42 Å². The minimum Gasteiger partial charge on any atom is -0.493 e. The topological polar surface area (TPSA) is 48.1 Å². The largest absolute Gasteiger partial charge is 0.493 e. The van der Waals surface area contributed by atoms with E-state index in [1.165, 1.54) is 5.56 Å². The molecule has 22 heavy (non-hydrogen) atoms. The van der Waals surface area contributed by atoms with E-state index in [4.69, 9.17) is 15.5 Å². The third kappa shape index (κ3) is 3.28. The van der Waals surface area contributed by atoms with Gasteiger partial charge in [-0.2, -0.15) is 0 Å². The minimum absolute atomic E-state index is 0.652. The molecular formula is C18H18N2OS. The van der Waals surface area contributed by atoms with Crippen molar-refractivity contribution in [1.82, 2.24) is 4.98 Å². The number of aromatic nitrogens is 1. The molecule has 1 aromatic heterocycles. The molecule has 0 unspecified atom stereocenters. The third-order valence-electron chi connectivity index (χ3n) is 3.35. The predicted octanol–water partition coefficient (Wildman–Crippen LogP) is 4.38. The molecule has 3 rings (SSSR count). The fourth-order valence-corrected chi connectivity index (χ4v) is 3.11. The van der Waals surface area contributed by atoms with Crippen LogP contribution in [-0.4, -0.2) is 11.6 Å². The molecule has 0 amide bonds. The summed E-state index contributed by atoms with van der Waals surface area (Å²) in [5, 5.41) is 3.18. The zero-order valence-electron chi connectivity index (χ0n) is 12.5. The normalized spacial score (nSPS) is 10.6. The van der Waals surface area contributed by atoms with Gasteiger partial charge in [-0.05, 0) is 36.8 Å². The molecule has 0 radical (unpaired) electrons. The Balaban J connectivity index is 1.83. The van der Waals surface area contributed by atoms with Gasteiger partial charge in [0.25, 0.3) is 0 Å². The second-order valence-corrected chi connectivity index (χ2v) is 5.92. The maximum atomic E-state index is 5.72. The molecule has 0 fully saturated rings. The molecule has 0 aliphatic carbocycles. The first-order valence-electron chi connectivity index (χ1n) is 7.27. The van der Waals surface area contributed by atoms with Crippen LogP contribution in [0.25, 0.3) is 11.3 Å². The highest BCUT2D eigenvalue weighted by atomic mass is 32.1. The standard InChI is InChI=1S/C18H18N2OS/c1-2-21-17-6-4-3-5-15(17)16-12-22-18(20-16)11-13-7-9-14(19)10-8-13/h3-10,12H,2,11,19H2,1H3. The van der Waals surface area contributed by atoms with Crippen molar-refractivity contribution in [1.29, 1.82) is 0 Å². The van der Waals surface area contributed by atoms with E-state index in [1.807, 2.05) is 55.5 Å².